The van der Waals surface area contributed by atoms with Gasteiger partial charge in [0.25, 0.3) is 11.6 Å². The van der Waals surface area contributed by atoms with Gasteiger partial charge < -0.3 is 14.3 Å². The van der Waals surface area contributed by atoms with Crippen molar-refractivity contribution in [2.24, 2.45) is 0 Å². The van der Waals surface area contributed by atoms with E-state index in [2.05, 4.69) is 15.5 Å². The van der Waals surface area contributed by atoms with Crippen LogP contribution in [-0.2, 0) is 6.42 Å². The molecule has 0 aliphatic heterocycles. The molecular weight excluding hydrogens is 388 g/mol. The van der Waals surface area contributed by atoms with E-state index in [9.17, 15) is 14.9 Å². The average molecular weight is 404 g/mol. The van der Waals surface area contributed by atoms with Gasteiger partial charge >= 0.3 is 0 Å². The summed E-state index contributed by atoms with van der Waals surface area (Å²) < 4.78 is 10.6. The van der Waals surface area contributed by atoms with Crippen LogP contribution in [0.5, 0.6) is 0 Å². The number of hydrogen-bond acceptors (Lipinski definition) is 7. The standard InChI is InChI=1S/C21H16N4O5/c26-20(18-7-4-12-29-18)22-17(13-14-5-2-1-3-6-14)21-23-19(24-30-21)15-8-10-16(11-9-15)25(27)28/h1-12,17H,13H2,(H,22,26)/t17-/m0/s1. The van der Waals surface area contributed by atoms with E-state index in [0.29, 0.717) is 12.0 Å². The van der Waals surface area contributed by atoms with Gasteiger partial charge in [0.15, 0.2) is 5.76 Å². The lowest BCUT2D eigenvalue weighted by Gasteiger charge is -2.14. The quantitative estimate of drug-likeness (QED) is 0.365. The van der Waals surface area contributed by atoms with E-state index < -0.39 is 16.9 Å². The first-order valence-electron chi connectivity index (χ1n) is 9.07. The Labute approximate surface area is 170 Å². The van der Waals surface area contributed by atoms with Crippen molar-refractivity contribution in [1.29, 1.82) is 0 Å². The lowest BCUT2D eigenvalue weighted by molar-refractivity contribution is -0.384. The molecule has 4 aromatic rings. The van der Waals surface area contributed by atoms with Crippen LogP contribution in [-0.4, -0.2) is 21.0 Å². The largest absolute Gasteiger partial charge is 0.459 e. The molecule has 1 atom stereocenters. The van der Waals surface area contributed by atoms with Crippen molar-refractivity contribution in [3.05, 3.63) is 100 Å². The van der Waals surface area contributed by atoms with Crippen molar-refractivity contribution in [1.82, 2.24) is 15.5 Å². The molecule has 2 aromatic heterocycles. The maximum atomic E-state index is 12.5. The average Bonchev–Trinajstić information content (AvgIpc) is 3.47. The summed E-state index contributed by atoms with van der Waals surface area (Å²) in [5, 5.41) is 17.6. The van der Waals surface area contributed by atoms with Gasteiger partial charge in [0.05, 0.1) is 11.2 Å². The van der Waals surface area contributed by atoms with Crippen molar-refractivity contribution in [3.8, 4) is 11.4 Å². The smallest absolute Gasteiger partial charge is 0.287 e. The molecule has 0 saturated carbocycles. The number of nitrogens with one attached hydrogen (secondary N) is 1. The minimum absolute atomic E-state index is 0.0323. The Morgan fingerprint density at radius 2 is 1.83 bits per heavy atom. The molecule has 9 nitrogen and oxygen atoms in total. The second kappa shape index (κ2) is 8.39. The topological polar surface area (TPSA) is 124 Å². The van der Waals surface area contributed by atoms with Gasteiger partial charge in [0, 0.05) is 24.1 Å². The van der Waals surface area contributed by atoms with Crippen molar-refractivity contribution in [3.63, 3.8) is 0 Å². The molecule has 30 heavy (non-hydrogen) atoms. The van der Waals surface area contributed by atoms with Gasteiger partial charge in [-0.2, -0.15) is 4.98 Å². The summed E-state index contributed by atoms with van der Waals surface area (Å²) in [5.41, 5.74) is 1.50. The summed E-state index contributed by atoms with van der Waals surface area (Å²) in [6, 6.07) is 18.0. The number of nitrogens with zero attached hydrogens (tertiary/aromatic N) is 3. The molecule has 2 aromatic carbocycles. The predicted molar refractivity (Wildman–Crippen MR) is 105 cm³/mol. The maximum Gasteiger partial charge on any atom is 0.287 e. The van der Waals surface area contributed by atoms with Crippen molar-refractivity contribution in [2.45, 2.75) is 12.5 Å². The van der Waals surface area contributed by atoms with Crippen molar-refractivity contribution >= 4 is 11.6 Å². The van der Waals surface area contributed by atoms with E-state index in [1.807, 2.05) is 30.3 Å². The summed E-state index contributed by atoms with van der Waals surface area (Å²) in [6.45, 7) is 0. The summed E-state index contributed by atoms with van der Waals surface area (Å²) in [7, 11) is 0. The number of aromatic nitrogens is 2. The molecule has 0 aliphatic rings. The molecule has 9 heteroatoms. The van der Waals surface area contributed by atoms with Crippen molar-refractivity contribution < 1.29 is 18.7 Å². The third-order valence-electron chi connectivity index (χ3n) is 4.41. The number of nitro benzene ring substituents is 1. The second-order valence-corrected chi connectivity index (χ2v) is 6.45. The number of hydrogen-bond donors (Lipinski definition) is 1. The number of carbonyl (C=O) groups excluding carboxylic acids is 1. The first-order chi connectivity index (χ1) is 14.6. The molecule has 1 amide bonds. The zero-order chi connectivity index (χ0) is 20.9. The van der Waals surface area contributed by atoms with E-state index in [1.54, 1.807) is 24.3 Å². The fraction of sp³-hybridized carbons (Fsp3) is 0.0952. The van der Waals surface area contributed by atoms with Gasteiger partial charge in [-0.25, -0.2) is 0 Å². The molecule has 4 rings (SSSR count). The monoisotopic (exact) mass is 404 g/mol. The molecule has 0 saturated heterocycles. The zero-order valence-corrected chi connectivity index (χ0v) is 15.6. The molecule has 1 N–H and O–H groups in total. The fourth-order valence-electron chi connectivity index (χ4n) is 2.91. The highest BCUT2D eigenvalue weighted by Crippen LogP contribution is 2.23. The van der Waals surface area contributed by atoms with Crippen LogP contribution in [0.4, 0.5) is 5.69 Å². The third kappa shape index (κ3) is 4.25. The van der Waals surface area contributed by atoms with Gasteiger partial charge in [-0.3, -0.25) is 14.9 Å². The number of furan rings is 1. The molecule has 2 heterocycles. The van der Waals surface area contributed by atoms with Crippen LogP contribution in [0.2, 0.25) is 0 Å². The highest BCUT2D eigenvalue weighted by molar-refractivity contribution is 5.91. The number of amides is 1. The predicted octanol–water partition coefficient (Wildman–Crippen LogP) is 3.95. The Morgan fingerprint density at radius 1 is 1.07 bits per heavy atom. The Hall–Kier alpha value is -4.27. The van der Waals surface area contributed by atoms with Gasteiger partial charge in [0.1, 0.15) is 6.04 Å². The van der Waals surface area contributed by atoms with Crippen LogP contribution in [0.15, 0.2) is 81.9 Å². The first kappa shape index (κ1) is 19.1. The molecular formula is C21H16N4O5. The summed E-state index contributed by atoms with van der Waals surface area (Å²) in [6.07, 6.45) is 1.84. The number of carbonyl (C=O) groups is 1. The summed E-state index contributed by atoms with van der Waals surface area (Å²) >= 11 is 0. The van der Waals surface area contributed by atoms with Crippen molar-refractivity contribution in [2.75, 3.05) is 0 Å². The second-order valence-electron chi connectivity index (χ2n) is 6.45. The summed E-state index contributed by atoms with van der Waals surface area (Å²) in [5.74, 6) is 0.247. The molecule has 0 radical (unpaired) electrons. The van der Waals surface area contributed by atoms with Gasteiger partial charge in [0.2, 0.25) is 11.7 Å². The SMILES string of the molecule is O=C(N[C@@H](Cc1ccccc1)c1nc(-c2ccc([N+](=O)[O-])cc2)no1)c1ccco1. The summed E-state index contributed by atoms with van der Waals surface area (Å²) in [4.78, 5) is 27.2. The number of benzene rings is 2. The molecule has 0 spiro atoms. The minimum Gasteiger partial charge on any atom is -0.459 e. The van der Waals surface area contributed by atoms with Crippen LogP contribution >= 0.6 is 0 Å². The van der Waals surface area contributed by atoms with Crippen LogP contribution in [0.3, 0.4) is 0 Å². The van der Waals surface area contributed by atoms with Crippen LogP contribution in [0.1, 0.15) is 28.1 Å². The number of nitro groups is 1. The number of rotatable bonds is 7. The molecule has 150 valence electrons. The Balaban J connectivity index is 1.60. The minimum atomic E-state index is -0.593. The first-order valence-corrected chi connectivity index (χ1v) is 9.07. The number of non-ortho nitro benzene ring substituents is 1. The van der Waals surface area contributed by atoms with E-state index in [-0.39, 0.29) is 23.2 Å². The van der Waals surface area contributed by atoms with E-state index >= 15 is 0 Å². The van der Waals surface area contributed by atoms with Crippen LogP contribution < -0.4 is 5.32 Å². The molecule has 0 aliphatic carbocycles. The Kier molecular flexibility index (Phi) is 5.33. The molecule has 0 fully saturated rings. The highest BCUT2D eigenvalue weighted by atomic mass is 16.6. The van der Waals surface area contributed by atoms with E-state index in [4.69, 9.17) is 8.94 Å². The normalized spacial score (nSPS) is 11.7. The Bertz CT molecular complexity index is 1140. The molecule has 0 bridgehead atoms. The zero-order valence-electron chi connectivity index (χ0n) is 15.6. The third-order valence-corrected chi connectivity index (χ3v) is 4.41. The van der Waals surface area contributed by atoms with Crippen LogP contribution in [0, 0.1) is 10.1 Å². The van der Waals surface area contributed by atoms with Gasteiger partial charge in [-0.1, -0.05) is 35.5 Å². The maximum absolute atomic E-state index is 12.5. The fourth-order valence-corrected chi connectivity index (χ4v) is 2.91. The van der Waals surface area contributed by atoms with Gasteiger partial charge in [-0.05, 0) is 29.8 Å². The van der Waals surface area contributed by atoms with Gasteiger partial charge in [-0.15, -0.1) is 0 Å². The Morgan fingerprint density at radius 3 is 2.50 bits per heavy atom. The molecule has 0 unspecified atom stereocenters. The lowest BCUT2D eigenvalue weighted by atomic mass is 10.1. The van der Waals surface area contributed by atoms with E-state index in [0.717, 1.165) is 5.56 Å². The lowest BCUT2D eigenvalue weighted by Crippen LogP contribution is -2.30. The highest BCUT2D eigenvalue weighted by Gasteiger charge is 2.24. The van der Waals surface area contributed by atoms with E-state index in [1.165, 1.54) is 18.4 Å². The van der Waals surface area contributed by atoms with Crippen LogP contribution in [0.25, 0.3) is 11.4 Å².